The molecule has 1 N–H and O–H groups in total. The second kappa shape index (κ2) is 9.07. The van der Waals surface area contributed by atoms with Crippen LogP contribution in [0.3, 0.4) is 0 Å². The van der Waals surface area contributed by atoms with Crippen molar-refractivity contribution in [2.24, 2.45) is 0 Å². The van der Waals surface area contributed by atoms with Crippen LogP contribution in [0.15, 0.2) is 72.4 Å². The summed E-state index contributed by atoms with van der Waals surface area (Å²) in [7, 11) is 1.57. The van der Waals surface area contributed by atoms with Crippen LogP contribution in [0.5, 0.6) is 5.75 Å². The summed E-state index contributed by atoms with van der Waals surface area (Å²) in [4.78, 5) is 28.0. The predicted molar refractivity (Wildman–Crippen MR) is 127 cm³/mol. The number of amides is 2. The zero-order valence-electron chi connectivity index (χ0n) is 17.5. The SMILES string of the molecule is COc1ccc(C2=C(Nc3ccc(C)c(Cl)c3)C(=O)N(Cc3ccc(Cl)cc3)C2=O)cc1. The molecule has 0 radical (unpaired) electrons. The van der Waals surface area contributed by atoms with E-state index < -0.39 is 5.91 Å². The summed E-state index contributed by atoms with van der Waals surface area (Å²) in [6.45, 7) is 2.03. The minimum Gasteiger partial charge on any atom is -0.497 e. The first-order chi connectivity index (χ1) is 15.4. The van der Waals surface area contributed by atoms with E-state index in [1.54, 1.807) is 61.7 Å². The van der Waals surface area contributed by atoms with Gasteiger partial charge in [0.25, 0.3) is 11.8 Å². The van der Waals surface area contributed by atoms with E-state index in [0.29, 0.717) is 32.6 Å². The topological polar surface area (TPSA) is 58.6 Å². The Kier molecular flexibility index (Phi) is 6.21. The van der Waals surface area contributed by atoms with Crippen LogP contribution in [0.2, 0.25) is 10.0 Å². The van der Waals surface area contributed by atoms with Crippen molar-refractivity contribution in [3.63, 3.8) is 0 Å². The fourth-order valence-electron chi connectivity index (χ4n) is 3.45. The normalized spacial score (nSPS) is 13.7. The summed E-state index contributed by atoms with van der Waals surface area (Å²) < 4.78 is 5.22. The highest BCUT2D eigenvalue weighted by molar-refractivity contribution is 6.36. The Labute approximate surface area is 196 Å². The first kappa shape index (κ1) is 21.9. The number of halogens is 2. The minimum atomic E-state index is -0.410. The molecule has 0 fully saturated rings. The zero-order valence-corrected chi connectivity index (χ0v) is 19.0. The number of hydrogen-bond donors (Lipinski definition) is 1. The third-order valence-corrected chi connectivity index (χ3v) is 5.90. The van der Waals surface area contributed by atoms with Gasteiger partial charge in [0, 0.05) is 15.7 Å². The smallest absolute Gasteiger partial charge is 0.278 e. The molecule has 0 bridgehead atoms. The largest absolute Gasteiger partial charge is 0.497 e. The average molecular weight is 467 g/mol. The number of rotatable bonds is 6. The van der Waals surface area contributed by atoms with Gasteiger partial charge in [0.05, 0.1) is 19.2 Å². The molecule has 7 heteroatoms. The van der Waals surface area contributed by atoms with Gasteiger partial charge >= 0.3 is 0 Å². The van der Waals surface area contributed by atoms with Crippen molar-refractivity contribution in [3.05, 3.63) is 99.2 Å². The van der Waals surface area contributed by atoms with Gasteiger partial charge in [-0.15, -0.1) is 0 Å². The van der Waals surface area contributed by atoms with Crippen molar-refractivity contribution in [2.45, 2.75) is 13.5 Å². The molecule has 0 unspecified atom stereocenters. The molecule has 1 heterocycles. The van der Waals surface area contributed by atoms with Crippen LogP contribution in [-0.4, -0.2) is 23.8 Å². The number of benzene rings is 3. The van der Waals surface area contributed by atoms with Crippen molar-refractivity contribution < 1.29 is 14.3 Å². The summed E-state index contributed by atoms with van der Waals surface area (Å²) in [5.41, 5.74) is 3.45. The van der Waals surface area contributed by atoms with E-state index in [0.717, 1.165) is 11.1 Å². The van der Waals surface area contributed by atoms with E-state index in [4.69, 9.17) is 27.9 Å². The van der Waals surface area contributed by atoms with Crippen LogP contribution in [0.4, 0.5) is 5.69 Å². The number of carbonyl (C=O) groups is 2. The van der Waals surface area contributed by atoms with Crippen LogP contribution in [0, 0.1) is 6.92 Å². The van der Waals surface area contributed by atoms with Crippen LogP contribution < -0.4 is 10.1 Å². The standard InChI is InChI=1S/C25H20Cl2N2O3/c1-15-3-10-19(13-21(15)27)28-23-22(17-6-11-20(32-2)12-7-17)24(30)29(25(23)31)14-16-4-8-18(26)9-5-16/h3-13,28H,14H2,1-2H3. The lowest BCUT2D eigenvalue weighted by atomic mass is 10.0. The molecule has 0 saturated heterocycles. The lowest BCUT2D eigenvalue weighted by Crippen LogP contribution is -2.32. The van der Waals surface area contributed by atoms with Gasteiger partial charge in [0.15, 0.2) is 0 Å². The highest BCUT2D eigenvalue weighted by Crippen LogP contribution is 2.33. The van der Waals surface area contributed by atoms with E-state index in [2.05, 4.69) is 5.32 Å². The van der Waals surface area contributed by atoms with Gasteiger partial charge in [-0.3, -0.25) is 14.5 Å². The number of imide groups is 1. The molecule has 4 rings (SSSR count). The Hall–Kier alpha value is -3.28. The van der Waals surface area contributed by atoms with Crippen molar-refractivity contribution in [3.8, 4) is 5.75 Å². The van der Waals surface area contributed by atoms with Crippen LogP contribution in [0.25, 0.3) is 5.57 Å². The maximum Gasteiger partial charge on any atom is 0.278 e. The van der Waals surface area contributed by atoms with Gasteiger partial charge in [-0.2, -0.15) is 0 Å². The summed E-state index contributed by atoms with van der Waals surface area (Å²) in [6.07, 6.45) is 0. The molecule has 0 aliphatic carbocycles. The van der Waals surface area contributed by atoms with Gasteiger partial charge in [0.1, 0.15) is 11.4 Å². The van der Waals surface area contributed by atoms with E-state index in [1.807, 2.05) is 19.1 Å². The molecular weight excluding hydrogens is 447 g/mol. The van der Waals surface area contributed by atoms with E-state index in [9.17, 15) is 9.59 Å². The number of aryl methyl sites for hydroxylation is 1. The van der Waals surface area contributed by atoms with Crippen molar-refractivity contribution in [1.29, 1.82) is 0 Å². The van der Waals surface area contributed by atoms with Gasteiger partial charge in [-0.05, 0) is 60.0 Å². The van der Waals surface area contributed by atoms with Gasteiger partial charge in [-0.1, -0.05) is 53.5 Å². The summed E-state index contributed by atoms with van der Waals surface area (Å²) in [5, 5.41) is 4.27. The Balaban J connectivity index is 1.73. The van der Waals surface area contributed by atoms with Gasteiger partial charge in [-0.25, -0.2) is 0 Å². The Bertz CT molecular complexity index is 1220. The molecule has 0 atom stereocenters. The minimum absolute atomic E-state index is 0.133. The number of nitrogens with one attached hydrogen (secondary N) is 1. The molecule has 2 amide bonds. The van der Waals surface area contributed by atoms with Gasteiger partial charge in [0.2, 0.25) is 0 Å². The summed E-state index contributed by atoms with van der Waals surface area (Å²) in [5.74, 6) is -0.132. The summed E-state index contributed by atoms with van der Waals surface area (Å²) >= 11 is 12.2. The lowest BCUT2D eigenvalue weighted by Gasteiger charge is -2.15. The summed E-state index contributed by atoms with van der Waals surface area (Å²) in [6, 6.07) is 19.5. The molecule has 3 aromatic carbocycles. The third-order valence-electron chi connectivity index (χ3n) is 5.24. The monoisotopic (exact) mass is 466 g/mol. The molecule has 1 aliphatic rings. The second-order valence-corrected chi connectivity index (χ2v) is 8.23. The lowest BCUT2D eigenvalue weighted by molar-refractivity contribution is -0.137. The number of ether oxygens (including phenoxy) is 1. The molecule has 0 spiro atoms. The molecular formula is C25H20Cl2N2O3. The van der Waals surface area contributed by atoms with Crippen LogP contribution in [-0.2, 0) is 16.1 Å². The van der Waals surface area contributed by atoms with Crippen LogP contribution in [0.1, 0.15) is 16.7 Å². The van der Waals surface area contributed by atoms with Crippen molar-refractivity contribution >= 4 is 46.3 Å². The molecule has 162 valence electrons. The molecule has 3 aromatic rings. The Morgan fingerprint density at radius 2 is 1.59 bits per heavy atom. The van der Waals surface area contributed by atoms with Crippen molar-refractivity contribution in [1.82, 2.24) is 4.90 Å². The predicted octanol–water partition coefficient (Wildman–Crippen LogP) is 5.70. The number of carbonyl (C=O) groups excluding carboxylic acids is 2. The fourth-order valence-corrected chi connectivity index (χ4v) is 3.75. The first-order valence-electron chi connectivity index (χ1n) is 9.90. The number of hydrogen-bond acceptors (Lipinski definition) is 4. The van der Waals surface area contributed by atoms with Crippen molar-refractivity contribution in [2.75, 3.05) is 12.4 Å². The Morgan fingerprint density at radius 1 is 0.906 bits per heavy atom. The quantitative estimate of drug-likeness (QED) is 0.473. The first-order valence-corrected chi connectivity index (χ1v) is 10.7. The zero-order chi connectivity index (χ0) is 22.8. The number of methoxy groups -OCH3 is 1. The maximum absolute atomic E-state index is 13.4. The van der Waals surface area contributed by atoms with E-state index >= 15 is 0 Å². The molecule has 0 saturated carbocycles. The fraction of sp³-hybridized carbons (Fsp3) is 0.120. The highest BCUT2D eigenvalue weighted by atomic mass is 35.5. The molecule has 5 nitrogen and oxygen atoms in total. The molecule has 1 aliphatic heterocycles. The third kappa shape index (κ3) is 4.35. The van der Waals surface area contributed by atoms with Gasteiger partial charge < -0.3 is 10.1 Å². The number of anilines is 1. The molecule has 0 aromatic heterocycles. The highest BCUT2D eigenvalue weighted by Gasteiger charge is 2.39. The average Bonchev–Trinajstić information content (AvgIpc) is 3.02. The maximum atomic E-state index is 13.4. The number of nitrogens with zero attached hydrogens (tertiary/aromatic N) is 1. The second-order valence-electron chi connectivity index (χ2n) is 7.39. The van der Waals surface area contributed by atoms with Crippen LogP contribution >= 0.6 is 23.2 Å². The van der Waals surface area contributed by atoms with E-state index in [-0.39, 0.29) is 18.1 Å². The Morgan fingerprint density at radius 3 is 2.22 bits per heavy atom. The van der Waals surface area contributed by atoms with E-state index in [1.165, 1.54) is 4.90 Å². The molecule has 32 heavy (non-hydrogen) atoms.